The number of nitrogens with two attached hydrogens (primary N) is 1. The van der Waals surface area contributed by atoms with Gasteiger partial charge in [0.1, 0.15) is 0 Å². The maximum Gasteiger partial charge on any atom is 0.227 e. The van der Waals surface area contributed by atoms with E-state index in [2.05, 4.69) is 24.3 Å². The van der Waals surface area contributed by atoms with E-state index in [1.807, 2.05) is 10.9 Å². The van der Waals surface area contributed by atoms with E-state index in [1.54, 1.807) is 6.20 Å². The van der Waals surface area contributed by atoms with Gasteiger partial charge in [-0.15, -0.1) is 0 Å². The van der Waals surface area contributed by atoms with Gasteiger partial charge in [0.15, 0.2) is 0 Å². The Hall–Kier alpha value is -1.36. The summed E-state index contributed by atoms with van der Waals surface area (Å²) in [5.41, 5.74) is 6.67. The molecule has 1 aliphatic rings. The Balaban J connectivity index is 1.93. The van der Waals surface area contributed by atoms with Crippen molar-refractivity contribution in [3.63, 3.8) is 0 Å². The van der Waals surface area contributed by atoms with Crippen LogP contribution in [0.4, 0.5) is 5.69 Å². The minimum Gasteiger partial charge on any atom is -0.328 e. The molecule has 2 unspecified atom stereocenters. The maximum absolute atomic E-state index is 12.1. The van der Waals surface area contributed by atoms with Gasteiger partial charge < -0.3 is 11.1 Å². The van der Waals surface area contributed by atoms with E-state index in [-0.39, 0.29) is 17.9 Å². The minimum absolute atomic E-state index is 0.0520. The highest BCUT2D eigenvalue weighted by Gasteiger charge is 2.25. The van der Waals surface area contributed by atoms with Crippen LogP contribution in [-0.4, -0.2) is 21.7 Å². The SMILES string of the molecule is CC(C)n1cc(NC(=O)C2CCCC(N)C2)cn1. The van der Waals surface area contributed by atoms with Crippen molar-refractivity contribution in [3.05, 3.63) is 12.4 Å². The van der Waals surface area contributed by atoms with Crippen molar-refractivity contribution >= 4 is 11.6 Å². The number of rotatable bonds is 3. The number of anilines is 1. The van der Waals surface area contributed by atoms with Gasteiger partial charge in [0.25, 0.3) is 0 Å². The van der Waals surface area contributed by atoms with Crippen molar-refractivity contribution < 1.29 is 4.79 Å². The lowest BCUT2D eigenvalue weighted by molar-refractivity contribution is -0.120. The highest BCUT2D eigenvalue weighted by atomic mass is 16.1. The van der Waals surface area contributed by atoms with Gasteiger partial charge in [0.05, 0.1) is 11.9 Å². The Morgan fingerprint density at radius 1 is 1.56 bits per heavy atom. The fraction of sp³-hybridized carbons (Fsp3) is 0.692. The van der Waals surface area contributed by atoms with Crippen molar-refractivity contribution in [2.24, 2.45) is 11.7 Å². The number of carbonyl (C=O) groups is 1. The normalized spacial score (nSPS) is 24.2. The van der Waals surface area contributed by atoms with Crippen LogP contribution in [0.15, 0.2) is 12.4 Å². The molecule has 1 heterocycles. The Labute approximate surface area is 108 Å². The number of hydrogen-bond donors (Lipinski definition) is 2. The summed E-state index contributed by atoms with van der Waals surface area (Å²) in [6, 6.07) is 0.478. The molecule has 1 fully saturated rings. The number of nitrogens with one attached hydrogen (secondary N) is 1. The summed E-state index contributed by atoms with van der Waals surface area (Å²) >= 11 is 0. The summed E-state index contributed by atoms with van der Waals surface area (Å²) in [5, 5.41) is 7.14. The molecule has 100 valence electrons. The summed E-state index contributed by atoms with van der Waals surface area (Å²) in [4.78, 5) is 12.1. The van der Waals surface area contributed by atoms with Gasteiger partial charge in [-0.25, -0.2) is 0 Å². The standard InChI is InChI=1S/C13H22N4O/c1-9(2)17-8-12(7-15-17)16-13(18)10-4-3-5-11(14)6-10/h7-11H,3-6,14H2,1-2H3,(H,16,18). The van der Waals surface area contributed by atoms with Crippen LogP contribution in [-0.2, 0) is 4.79 Å². The summed E-state index contributed by atoms with van der Waals surface area (Å²) in [6.07, 6.45) is 7.38. The second kappa shape index (κ2) is 5.52. The Morgan fingerprint density at radius 2 is 2.33 bits per heavy atom. The Kier molecular flexibility index (Phi) is 4.01. The molecule has 1 aliphatic carbocycles. The first-order valence-corrected chi connectivity index (χ1v) is 6.67. The first-order chi connectivity index (χ1) is 8.56. The van der Waals surface area contributed by atoms with Crippen LogP contribution in [0, 0.1) is 5.92 Å². The molecule has 1 saturated carbocycles. The highest BCUT2D eigenvalue weighted by Crippen LogP contribution is 2.24. The molecule has 0 aliphatic heterocycles. The van der Waals surface area contributed by atoms with E-state index >= 15 is 0 Å². The molecule has 0 saturated heterocycles. The van der Waals surface area contributed by atoms with Crippen molar-refractivity contribution in [2.45, 2.75) is 51.6 Å². The summed E-state index contributed by atoms with van der Waals surface area (Å²) in [7, 11) is 0. The second-order valence-corrected chi connectivity index (χ2v) is 5.42. The zero-order chi connectivity index (χ0) is 13.1. The largest absolute Gasteiger partial charge is 0.328 e. The van der Waals surface area contributed by atoms with Crippen LogP contribution in [0.25, 0.3) is 0 Å². The van der Waals surface area contributed by atoms with Crippen LogP contribution in [0.1, 0.15) is 45.6 Å². The van der Waals surface area contributed by atoms with E-state index in [9.17, 15) is 4.79 Å². The second-order valence-electron chi connectivity index (χ2n) is 5.42. The predicted molar refractivity (Wildman–Crippen MR) is 71.2 cm³/mol. The first kappa shape index (κ1) is 13.1. The molecule has 3 N–H and O–H groups in total. The van der Waals surface area contributed by atoms with Gasteiger partial charge in [-0.2, -0.15) is 5.10 Å². The molecule has 18 heavy (non-hydrogen) atoms. The quantitative estimate of drug-likeness (QED) is 0.860. The topological polar surface area (TPSA) is 72.9 Å². The molecule has 5 nitrogen and oxygen atoms in total. The Morgan fingerprint density at radius 3 is 2.94 bits per heavy atom. The summed E-state index contributed by atoms with van der Waals surface area (Å²) in [6.45, 7) is 4.11. The summed E-state index contributed by atoms with van der Waals surface area (Å²) < 4.78 is 1.84. The molecule has 1 aromatic heterocycles. The third-order valence-corrected chi connectivity index (χ3v) is 3.48. The van der Waals surface area contributed by atoms with E-state index < -0.39 is 0 Å². The van der Waals surface area contributed by atoms with Gasteiger partial charge >= 0.3 is 0 Å². The van der Waals surface area contributed by atoms with Gasteiger partial charge in [-0.1, -0.05) is 6.42 Å². The summed E-state index contributed by atoms with van der Waals surface area (Å²) in [5.74, 6) is 0.129. The number of nitrogens with zero attached hydrogens (tertiary/aromatic N) is 2. The molecule has 2 atom stereocenters. The van der Waals surface area contributed by atoms with Gasteiger partial charge in [0.2, 0.25) is 5.91 Å². The fourth-order valence-corrected chi connectivity index (χ4v) is 2.40. The van der Waals surface area contributed by atoms with Gasteiger partial charge in [0, 0.05) is 24.2 Å². The lowest BCUT2D eigenvalue weighted by Crippen LogP contribution is -2.34. The zero-order valence-electron chi connectivity index (χ0n) is 11.1. The number of amides is 1. The molecule has 2 rings (SSSR count). The Bertz CT molecular complexity index is 413. The molecule has 1 amide bonds. The van der Waals surface area contributed by atoms with Gasteiger partial charge in [-0.05, 0) is 33.1 Å². The molecule has 0 bridgehead atoms. The van der Waals surface area contributed by atoms with Crippen LogP contribution < -0.4 is 11.1 Å². The molecule has 1 aromatic rings. The van der Waals surface area contributed by atoms with Crippen LogP contribution in [0.3, 0.4) is 0 Å². The van der Waals surface area contributed by atoms with E-state index in [0.29, 0.717) is 6.04 Å². The fourth-order valence-electron chi connectivity index (χ4n) is 2.40. The predicted octanol–water partition coefficient (Wildman–Crippen LogP) is 1.92. The molecular weight excluding hydrogens is 228 g/mol. The van der Waals surface area contributed by atoms with Crippen molar-refractivity contribution in [1.29, 1.82) is 0 Å². The smallest absolute Gasteiger partial charge is 0.227 e. The maximum atomic E-state index is 12.1. The lowest BCUT2D eigenvalue weighted by Gasteiger charge is -2.25. The van der Waals surface area contributed by atoms with Crippen molar-refractivity contribution in [1.82, 2.24) is 9.78 Å². The number of aromatic nitrogens is 2. The molecule has 5 heteroatoms. The lowest BCUT2D eigenvalue weighted by atomic mass is 9.85. The average Bonchev–Trinajstić information content (AvgIpc) is 2.77. The molecular formula is C13H22N4O. The van der Waals surface area contributed by atoms with E-state index in [0.717, 1.165) is 31.4 Å². The molecule has 0 radical (unpaired) electrons. The van der Waals surface area contributed by atoms with E-state index in [4.69, 9.17) is 5.73 Å². The van der Waals surface area contributed by atoms with Crippen molar-refractivity contribution in [3.8, 4) is 0 Å². The van der Waals surface area contributed by atoms with Crippen LogP contribution in [0.5, 0.6) is 0 Å². The molecule has 0 spiro atoms. The monoisotopic (exact) mass is 250 g/mol. The third kappa shape index (κ3) is 3.10. The van der Waals surface area contributed by atoms with Crippen molar-refractivity contribution in [2.75, 3.05) is 5.32 Å². The first-order valence-electron chi connectivity index (χ1n) is 6.67. The minimum atomic E-state index is 0.0520. The zero-order valence-corrected chi connectivity index (χ0v) is 11.1. The third-order valence-electron chi connectivity index (χ3n) is 3.48. The van der Waals surface area contributed by atoms with Crippen LogP contribution >= 0.6 is 0 Å². The highest BCUT2D eigenvalue weighted by molar-refractivity contribution is 5.92. The van der Waals surface area contributed by atoms with Crippen LogP contribution in [0.2, 0.25) is 0 Å². The van der Waals surface area contributed by atoms with Gasteiger partial charge in [-0.3, -0.25) is 9.48 Å². The molecule has 0 aromatic carbocycles. The average molecular weight is 250 g/mol. The van der Waals surface area contributed by atoms with E-state index in [1.165, 1.54) is 0 Å². The number of hydrogen-bond acceptors (Lipinski definition) is 3. The number of carbonyl (C=O) groups excluding carboxylic acids is 1.